The van der Waals surface area contributed by atoms with Crippen LogP contribution in [0.4, 0.5) is 26.7 Å². The maximum Gasteiger partial charge on any atom is 0.416 e. The van der Waals surface area contributed by atoms with Crippen LogP contribution >= 0.6 is 0 Å². The van der Waals surface area contributed by atoms with Crippen molar-refractivity contribution >= 4 is 16.1 Å². The van der Waals surface area contributed by atoms with E-state index in [-0.39, 0.29) is 24.5 Å². The third-order valence-electron chi connectivity index (χ3n) is 8.02. The Morgan fingerprint density at radius 2 is 1.63 bits per heavy atom. The normalized spacial score (nSPS) is 14.7. The Bertz CT molecular complexity index is 2130. The molecule has 11 nitrogen and oxygen atoms in total. The summed E-state index contributed by atoms with van der Waals surface area (Å²) in [5.41, 5.74) is -0.266. The van der Waals surface area contributed by atoms with Crippen LogP contribution in [0.3, 0.4) is 0 Å². The van der Waals surface area contributed by atoms with Crippen LogP contribution in [-0.4, -0.2) is 53.4 Å². The van der Waals surface area contributed by atoms with Gasteiger partial charge in [-0.3, -0.25) is 13.9 Å². The van der Waals surface area contributed by atoms with Crippen LogP contribution < -0.4 is 21.7 Å². The van der Waals surface area contributed by atoms with Gasteiger partial charge >= 0.3 is 18.0 Å². The quantitative estimate of drug-likeness (QED) is 0.244. The molecule has 0 radical (unpaired) electrons. The molecule has 1 amide bonds. The van der Waals surface area contributed by atoms with Gasteiger partial charge in [-0.15, -0.1) is 0 Å². The van der Waals surface area contributed by atoms with Gasteiger partial charge in [0.15, 0.2) is 11.6 Å². The predicted octanol–water partition coefficient (Wildman–Crippen LogP) is 4.19. The van der Waals surface area contributed by atoms with Crippen LogP contribution in [0.25, 0.3) is 11.1 Å². The van der Waals surface area contributed by atoms with Crippen LogP contribution in [0, 0.1) is 18.6 Å². The van der Waals surface area contributed by atoms with Crippen LogP contribution in [-0.2, 0) is 34.0 Å². The second-order valence-electron chi connectivity index (χ2n) is 11.3. The number of sulfonamides is 1. The number of primary amides is 1. The van der Waals surface area contributed by atoms with Crippen molar-refractivity contribution in [2.24, 2.45) is 5.73 Å². The zero-order valence-corrected chi connectivity index (χ0v) is 26.7. The van der Waals surface area contributed by atoms with Crippen molar-refractivity contribution in [3.63, 3.8) is 0 Å². The Labute approximate surface area is 276 Å². The van der Waals surface area contributed by atoms with Crippen LogP contribution in [0.1, 0.15) is 28.5 Å². The molecule has 0 aliphatic carbocycles. The first kappa shape index (κ1) is 35.3. The average molecular weight is 709 g/mol. The number of alkyl halides is 3. The van der Waals surface area contributed by atoms with Gasteiger partial charge in [0.1, 0.15) is 18.0 Å². The van der Waals surface area contributed by atoms with E-state index in [0.29, 0.717) is 20.8 Å². The molecule has 0 bridgehead atoms. The monoisotopic (exact) mass is 708 g/mol. The van der Waals surface area contributed by atoms with Crippen molar-refractivity contribution in [3.8, 4) is 16.9 Å². The number of ether oxygens (including phenoxy) is 2. The highest BCUT2D eigenvalue weighted by Gasteiger charge is 2.37. The number of nitrogens with two attached hydrogens (primary N) is 1. The Balaban J connectivity index is 1.69. The summed E-state index contributed by atoms with van der Waals surface area (Å²) in [6.07, 6.45) is -7.37. The minimum atomic E-state index is -5.02. The van der Waals surface area contributed by atoms with E-state index in [2.05, 4.69) is 0 Å². The highest BCUT2D eigenvalue weighted by Crippen LogP contribution is 2.35. The fourth-order valence-corrected chi connectivity index (χ4v) is 6.38. The van der Waals surface area contributed by atoms with Crippen molar-refractivity contribution in [3.05, 3.63) is 122 Å². The third kappa shape index (κ3) is 7.36. The molecule has 260 valence electrons. The minimum Gasteiger partial charge on any atom is -0.485 e. The molecule has 2 heterocycles. The Hall–Kier alpha value is -5.03. The third-order valence-corrected chi connectivity index (χ3v) is 9.25. The van der Waals surface area contributed by atoms with E-state index in [1.807, 2.05) is 0 Å². The van der Waals surface area contributed by atoms with Gasteiger partial charge in [-0.1, -0.05) is 48.5 Å². The molecule has 1 unspecified atom stereocenters. The van der Waals surface area contributed by atoms with Crippen molar-refractivity contribution in [2.75, 3.05) is 19.3 Å². The fourth-order valence-electron chi connectivity index (χ4n) is 5.51. The lowest BCUT2D eigenvalue weighted by molar-refractivity contribution is -0.138. The van der Waals surface area contributed by atoms with E-state index in [0.717, 1.165) is 22.7 Å². The van der Waals surface area contributed by atoms with Crippen molar-refractivity contribution in [1.29, 1.82) is 0 Å². The number of benzene rings is 3. The first-order valence-corrected chi connectivity index (χ1v) is 16.4. The molecule has 17 heteroatoms. The SMILES string of the molecule is Cc1c(-c2cccc(OC3CN(S(C)(=O)=O)C3)c2F)c(=O)n(CC(OC(N)=O)c2ccccc2)c(=O)n1Cc1c(F)cccc1C(F)(F)F. The number of carbonyl (C=O) groups excluding carboxylic acids is 1. The van der Waals surface area contributed by atoms with E-state index in [4.69, 9.17) is 15.2 Å². The summed E-state index contributed by atoms with van der Waals surface area (Å²) in [6.45, 7) is -0.668. The Morgan fingerprint density at radius 1 is 0.980 bits per heavy atom. The van der Waals surface area contributed by atoms with Gasteiger partial charge in [-0.25, -0.2) is 26.8 Å². The molecular weight excluding hydrogens is 679 g/mol. The average Bonchev–Trinajstić information content (AvgIpc) is 2.99. The lowest BCUT2D eigenvalue weighted by Crippen LogP contribution is -2.55. The standard InChI is InChI=1S/C32H29F5N4O7S/c1-18-27(21-10-6-13-25(28(21)34)47-20-14-39(15-20)49(2,45)46)29(42)41(17-26(48-30(38)43)19-8-4-3-5-9-19)31(44)40(18)16-22-23(32(35,36)37)11-7-12-24(22)33/h3-13,20,26H,14-17H2,1-2H3,(H2,38,43). The molecule has 1 fully saturated rings. The van der Waals surface area contributed by atoms with E-state index in [9.17, 15) is 36.0 Å². The summed E-state index contributed by atoms with van der Waals surface area (Å²) in [6, 6.07) is 13.8. The second kappa shape index (κ2) is 13.5. The molecule has 0 saturated carbocycles. The molecule has 3 aromatic carbocycles. The number of hydrogen-bond donors (Lipinski definition) is 1. The number of halogens is 5. The minimum absolute atomic E-state index is 0.0653. The van der Waals surface area contributed by atoms with Gasteiger partial charge in [0, 0.05) is 16.8 Å². The predicted molar refractivity (Wildman–Crippen MR) is 166 cm³/mol. The lowest BCUT2D eigenvalue weighted by Gasteiger charge is -2.37. The van der Waals surface area contributed by atoms with Crippen LogP contribution in [0.2, 0.25) is 0 Å². The second-order valence-corrected chi connectivity index (χ2v) is 13.3. The van der Waals surface area contributed by atoms with E-state index >= 15 is 8.78 Å². The molecule has 1 aliphatic rings. The van der Waals surface area contributed by atoms with Gasteiger partial charge in [-0.05, 0) is 30.7 Å². The largest absolute Gasteiger partial charge is 0.485 e. The van der Waals surface area contributed by atoms with Gasteiger partial charge in [0.2, 0.25) is 10.0 Å². The summed E-state index contributed by atoms with van der Waals surface area (Å²) in [5, 5.41) is 0. The van der Waals surface area contributed by atoms with Gasteiger partial charge in [0.05, 0.1) is 43.6 Å². The Morgan fingerprint density at radius 3 is 2.24 bits per heavy atom. The van der Waals surface area contributed by atoms with E-state index in [1.54, 1.807) is 18.2 Å². The van der Waals surface area contributed by atoms with Gasteiger partial charge in [0.25, 0.3) is 5.56 Å². The summed E-state index contributed by atoms with van der Waals surface area (Å²) < 4.78 is 110. The molecule has 1 atom stereocenters. The molecule has 49 heavy (non-hydrogen) atoms. The van der Waals surface area contributed by atoms with Crippen LogP contribution in [0.15, 0.2) is 76.3 Å². The van der Waals surface area contributed by atoms with Crippen molar-refractivity contribution < 1.29 is 44.6 Å². The van der Waals surface area contributed by atoms with Crippen LogP contribution in [0.5, 0.6) is 5.75 Å². The van der Waals surface area contributed by atoms with E-state index in [1.165, 1.54) is 37.3 Å². The summed E-state index contributed by atoms with van der Waals surface area (Å²) >= 11 is 0. The van der Waals surface area contributed by atoms with Crippen molar-refractivity contribution in [2.45, 2.75) is 38.4 Å². The molecule has 5 rings (SSSR count). The summed E-state index contributed by atoms with van der Waals surface area (Å²) in [5.74, 6) is -2.75. The summed E-state index contributed by atoms with van der Waals surface area (Å²) in [7, 11) is -3.51. The van der Waals surface area contributed by atoms with Crippen molar-refractivity contribution in [1.82, 2.24) is 13.4 Å². The molecule has 0 spiro atoms. The number of carbonyl (C=O) groups is 1. The molecular formula is C32H29F5N4O7S. The maximum atomic E-state index is 16.2. The zero-order chi connectivity index (χ0) is 35.8. The maximum absolute atomic E-state index is 16.2. The Kier molecular flexibility index (Phi) is 9.70. The van der Waals surface area contributed by atoms with Gasteiger partial charge < -0.3 is 15.2 Å². The van der Waals surface area contributed by atoms with E-state index < -0.39 is 92.7 Å². The first-order valence-electron chi connectivity index (χ1n) is 14.6. The topological polar surface area (TPSA) is 143 Å². The number of hydrogen-bond acceptors (Lipinski definition) is 7. The first-order chi connectivity index (χ1) is 23.0. The fraction of sp³-hybridized carbons (Fsp3) is 0.281. The highest BCUT2D eigenvalue weighted by atomic mass is 32.2. The number of rotatable bonds is 10. The smallest absolute Gasteiger partial charge is 0.416 e. The zero-order valence-electron chi connectivity index (χ0n) is 25.9. The molecule has 1 aromatic heterocycles. The highest BCUT2D eigenvalue weighted by molar-refractivity contribution is 7.88. The number of aromatic nitrogens is 2. The molecule has 1 aliphatic heterocycles. The molecule has 4 aromatic rings. The number of nitrogens with zero attached hydrogens (tertiary/aromatic N) is 3. The number of amides is 1. The molecule has 1 saturated heterocycles. The van der Waals surface area contributed by atoms with Gasteiger partial charge in [-0.2, -0.15) is 17.5 Å². The molecule has 2 N–H and O–H groups in total. The lowest BCUT2D eigenvalue weighted by atomic mass is 10.0. The summed E-state index contributed by atoms with van der Waals surface area (Å²) in [4.78, 5) is 39.9.